The van der Waals surface area contributed by atoms with Crippen LogP contribution in [0.1, 0.15) is 0 Å². The second kappa shape index (κ2) is 14.5. The molecule has 0 N–H and O–H groups in total. The molecule has 0 unspecified atom stereocenters. The molecule has 0 fully saturated rings. The smallest absolute Gasteiger partial charge is 0.164 e. The zero-order valence-corrected chi connectivity index (χ0v) is 34.6. The third kappa shape index (κ3) is 5.75. The van der Waals surface area contributed by atoms with Gasteiger partial charge < -0.3 is 9.13 Å². The van der Waals surface area contributed by atoms with Crippen LogP contribution >= 0.6 is 0 Å². The molecule has 0 saturated heterocycles. The summed E-state index contributed by atoms with van der Waals surface area (Å²) in [6, 6.07) is 80.0. The summed E-state index contributed by atoms with van der Waals surface area (Å²) in [6.07, 6.45) is 0. The molecule has 64 heavy (non-hydrogen) atoms. The van der Waals surface area contributed by atoms with E-state index in [2.05, 4.69) is 215 Å². The Labute approximate surface area is 368 Å². The molecule has 0 amide bonds. The van der Waals surface area contributed by atoms with Gasteiger partial charge in [-0.2, -0.15) is 0 Å². The average Bonchev–Trinajstić information content (AvgIpc) is 3.88. The summed E-state index contributed by atoms with van der Waals surface area (Å²) in [6.45, 7) is 0. The van der Waals surface area contributed by atoms with Gasteiger partial charge in [0.1, 0.15) is 0 Å². The summed E-state index contributed by atoms with van der Waals surface area (Å²) in [5, 5.41) is 9.40. The van der Waals surface area contributed by atoms with E-state index in [0.29, 0.717) is 17.5 Å². The lowest BCUT2D eigenvalue weighted by Gasteiger charge is -2.15. The first-order valence-electron chi connectivity index (χ1n) is 21.7. The topological polar surface area (TPSA) is 48.5 Å². The van der Waals surface area contributed by atoms with Crippen molar-refractivity contribution >= 4 is 65.2 Å². The van der Waals surface area contributed by atoms with Crippen molar-refractivity contribution in [2.24, 2.45) is 0 Å². The van der Waals surface area contributed by atoms with Gasteiger partial charge in [-0.15, -0.1) is 0 Å². The van der Waals surface area contributed by atoms with Crippen LogP contribution in [-0.4, -0.2) is 24.1 Å². The lowest BCUT2D eigenvalue weighted by Crippen LogP contribution is -2.01. The molecule has 298 valence electrons. The predicted octanol–water partition coefficient (Wildman–Crippen LogP) is 15.0. The minimum absolute atomic E-state index is 0.635. The number of benzene rings is 10. The quantitative estimate of drug-likeness (QED) is 0.168. The van der Waals surface area contributed by atoms with Crippen LogP contribution < -0.4 is 0 Å². The van der Waals surface area contributed by atoms with Gasteiger partial charge in [0, 0.05) is 49.3 Å². The molecule has 0 spiro atoms. The van der Waals surface area contributed by atoms with Crippen LogP contribution in [0.25, 0.3) is 122 Å². The minimum atomic E-state index is 0.635. The van der Waals surface area contributed by atoms with Gasteiger partial charge in [-0.05, 0) is 94.0 Å². The third-order valence-electron chi connectivity index (χ3n) is 12.8. The van der Waals surface area contributed by atoms with Crippen LogP contribution in [0.15, 0.2) is 224 Å². The predicted molar refractivity (Wildman–Crippen MR) is 265 cm³/mol. The molecule has 0 aliphatic carbocycles. The molecule has 0 atom stereocenters. The van der Waals surface area contributed by atoms with Gasteiger partial charge in [0.25, 0.3) is 0 Å². The maximum absolute atomic E-state index is 5.21. The monoisotopic (exact) mass is 815 g/mol. The average molecular weight is 816 g/mol. The summed E-state index contributed by atoms with van der Waals surface area (Å²) in [5.74, 6) is 1.92. The normalized spacial score (nSPS) is 11.8. The van der Waals surface area contributed by atoms with Crippen LogP contribution in [0.3, 0.4) is 0 Å². The lowest BCUT2D eigenvalue weighted by atomic mass is 10.0. The van der Waals surface area contributed by atoms with Gasteiger partial charge in [-0.3, -0.25) is 0 Å². The Morgan fingerprint density at radius 1 is 0.266 bits per heavy atom. The molecule has 3 aromatic heterocycles. The molecular formula is C59H37N5. The lowest BCUT2D eigenvalue weighted by molar-refractivity contribution is 1.08. The van der Waals surface area contributed by atoms with E-state index in [1.165, 1.54) is 49.1 Å². The van der Waals surface area contributed by atoms with Crippen molar-refractivity contribution < 1.29 is 0 Å². The Balaban J connectivity index is 0.968. The van der Waals surface area contributed by atoms with Crippen LogP contribution in [-0.2, 0) is 0 Å². The van der Waals surface area contributed by atoms with Crippen LogP contribution in [0, 0.1) is 0 Å². The molecule has 5 heteroatoms. The molecular weight excluding hydrogens is 779 g/mol. The zero-order chi connectivity index (χ0) is 42.1. The standard InChI is InChI=1S/C59H37N5/c1-3-16-39(17-4-1)57-60-58(43-28-27-38-15-7-8-18-40(38)35-43)62-59(61-57)49-31-34-54(46-22-10-9-21-45(46)49)64-53-26-14-12-24-48(53)51-37-42(30-33-56(51)64)41-29-32-55-50(36-41)47-23-11-13-25-52(47)63(55)44-19-5-2-6-20-44/h1-37H. The largest absolute Gasteiger partial charge is 0.309 e. The van der Waals surface area contributed by atoms with E-state index in [1.807, 2.05) is 18.2 Å². The molecule has 0 aliphatic heterocycles. The maximum atomic E-state index is 5.21. The van der Waals surface area contributed by atoms with Crippen LogP contribution in [0.4, 0.5) is 0 Å². The van der Waals surface area contributed by atoms with Gasteiger partial charge in [0.05, 0.1) is 27.8 Å². The fourth-order valence-corrected chi connectivity index (χ4v) is 9.76. The van der Waals surface area contributed by atoms with Gasteiger partial charge >= 0.3 is 0 Å². The molecule has 0 aliphatic rings. The summed E-state index contributed by atoms with van der Waals surface area (Å²) < 4.78 is 4.79. The molecule has 13 aromatic rings. The van der Waals surface area contributed by atoms with Gasteiger partial charge in [0.15, 0.2) is 17.5 Å². The summed E-state index contributed by atoms with van der Waals surface area (Å²) in [7, 11) is 0. The Kier molecular flexibility index (Phi) is 8.15. The van der Waals surface area contributed by atoms with Crippen molar-refractivity contribution in [2.45, 2.75) is 0 Å². The SMILES string of the molecule is c1ccc(-c2nc(-c3ccc4ccccc4c3)nc(-c3ccc(-n4c5ccccc5c5cc(-c6ccc7c(c6)c6ccccc6n7-c6ccccc6)ccc54)c4ccccc34)n2)cc1. The Morgan fingerprint density at radius 3 is 1.47 bits per heavy atom. The third-order valence-corrected chi connectivity index (χ3v) is 12.8. The first-order valence-corrected chi connectivity index (χ1v) is 21.7. The Hall–Kier alpha value is -8.67. The fourth-order valence-electron chi connectivity index (χ4n) is 9.76. The molecule has 13 rings (SSSR count). The van der Waals surface area contributed by atoms with Crippen LogP contribution in [0.2, 0.25) is 0 Å². The number of rotatable bonds is 6. The zero-order valence-electron chi connectivity index (χ0n) is 34.6. The number of hydrogen-bond acceptors (Lipinski definition) is 3. The van der Waals surface area contributed by atoms with E-state index in [-0.39, 0.29) is 0 Å². The number of hydrogen-bond donors (Lipinski definition) is 0. The molecule has 5 nitrogen and oxygen atoms in total. The molecule has 0 radical (unpaired) electrons. The molecule has 0 saturated carbocycles. The van der Waals surface area contributed by atoms with Crippen molar-refractivity contribution in [3.05, 3.63) is 224 Å². The second-order valence-electron chi connectivity index (χ2n) is 16.4. The fraction of sp³-hybridized carbons (Fsp3) is 0. The number of fused-ring (bicyclic) bond motifs is 8. The van der Waals surface area contributed by atoms with E-state index >= 15 is 0 Å². The highest BCUT2D eigenvalue weighted by Gasteiger charge is 2.20. The van der Waals surface area contributed by atoms with E-state index in [1.54, 1.807) is 0 Å². The highest BCUT2D eigenvalue weighted by atomic mass is 15.0. The van der Waals surface area contributed by atoms with Crippen molar-refractivity contribution in [3.63, 3.8) is 0 Å². The molecule has 0 bridgehead atoms. The number of para-hydroxylation sites is 3. The first kappa shape index (κ1) is 36.0. The van der Waals surface area contributed by atoms with Crippen molar-refractivity contribution in [1.82, 2.24) is 24.1 Å². The van der Waals surface area contributed by atoms with E-state index in [9.17, 15) is 0 Å². The van der Waals surface area contributed by atoms with Gasteiger partial charge in [0.2, 0.25) is 0 Å². The minimum Gasteiger partial charge on any atom is -0.309 e. The first-order chi connectivity index (χ1) is 31.7. The molecule has 10 aromatic carbocycles. The number of nitrogens with zero attached hydrogens (tertiary/aromatic N) is 5. The second-order valence-corrected chi connectivity index (χ2v) is 16.4. The van der Waals surface area contributed by atoms with E-state index < -0.39 is 0 Å². The number of aromatic nitrogens is 5. The van der Waals surface area contributed by atoms with Gasteiger partial charge in [-0.25, -0.2) is 15.0 Å². The van der Waals surface area contributed by atoms with Crippen molar-refractivity contribution in [2.75, 3.05) is 0 Å². The van der Waals surface area contributed by atoms with Gasteiger partial charge in [-0.1, -0.05) is 158 Å². The van der Waals surface area contributed by atoms with E-state index in [0.717, 1.165) is 55.3 Å². The highest BCUT2D eigenvalue weighted by Crippen LogP contribution is 2.41. The highest BCUT2D eigenvalue weighted by molar-refractivity contribution is 6.14. The summed E-state index contributed by atoms with van der Waals surface area (Å²) in [4.78, 5) is 15.4. The Morgan fingerprint density at radius 2 is 0.766 bits per heavy atom. The van der Waals surface area contributed by atoms with Crippen molar-refractivity contribution in [1.29, 1.82) is 0 Å². The molecule has 3 heterocycles. The van der Waals surface area contributed by atoms with E-state index in [4.69, 9.17) is 15.0 Å². The Bertz CT molecular complexity index is 3960. The summed E-state index contributed by atoms with van der Waals surface area (Å²) >= 11 is 0. The van der Waals surface area contributed by atoms with Crippen LogP contribution in [0.5, 0.6) is 0 Å². The van der Waals surface area contributed by atoms with Crippen molar-refractivity contribution in [3.8, 4) is 56.7 Å². The maximum Gasteiger partial charge on any atom is 0.164 e. The summed E-state index contributed by atoms with van der Waals surface area (Å²) in [5.41, 5.74) is 12.2.